The third-order valence-electron chi connectivity index (χ3n) is 3.13. The molecule has 1 N–H and O–H groups in total. The van der Waals surface area contributed by atoms with Crippen LogP contribution in [0, 0.1) is 6.92 Å². The molecule has 5 nitrogen and oxygen atoms in total. The number of anilines is 1. The lowest BCUT2D eigenvalue weighted by Gasteiger charge is -2.06. The number of hydrogen-bond donors (Lipinski definition) is 1. The number of nitrogens with zero attached hydrogens (tertiary/aromatic N) is 2. The largest absolute Gasteiger partial charge is 0.263 e. The number of rotatable bonds is 3. The van der Waals surface area contributed by atoms with Crippen molar-refractivity contribution < 1.29 is 8.42 Å². The summed E-state index contributed by atoms with van der Waals surface area (Å²) in [7, 11) is -3.56. The highest BCUT2D eigenvalue weighted by atomic mass is 32.2. The zero-order chi connectivity index (χ0) is 13.5. The van der Waals surface area contributed by atoms with Gasteiger partial charge in [-0.2, -0.15) is 0 Å². The van der Waals surface area contributed by atoms with E-state index in [1.165, 1.54) is 16.9 Å². The molecule has 0 atom stereocenters. The molecule has 0 saturated heterocycles. The zero-order valence-corrected chi connectivity index (χ0v) is 12.0. The second kappa shape index (κ2) is 4.57. The van der Waals surface area contributed by atoms with Crippen molar-refractivity contribution >= 4 is 26.5 Å². The Morgan fingerprint density at radius 2 is 2.00 bits per heavy atom. The Balaban J connectivity index is 1.92. The van der Waals surface area contributed by atoms with Crippen LogP contribution in [0.2, 0.25) is 0 Å². The van der Waals surface area contributed by atoms with E-state index >= 15 is 0 Å². The monoisotopic (exact) mass is 295 g/mol. The molecule has 0 spiro atoms. The van der Waals surface area contributed by atoms with E-state index in [0.29, 0.717) is 10.0 Å². The fourth-order valence-corrected chi connectivity index (χ4v) is 4.10. The van der Waals surface area contributed by atoms with Gasteiger partial charge in [0.2, 0.25) is 5.13 Å². The predicted molar refractivity (Wildman–Crippen MR) is 73.9 cm³/mol. The third kappa shape index (κ3) is 2.48. The first-order valence-electron chi connectivity index (χ1n) is 5.99. The van der Waals surface area contributed by atoms with Crippen molar-refractivity contribution in [2.45, 2.75) is 31.1 Å². The highest BCUT2D eigenvalue weighted by molar-refractivity contribution is 7.93. The van der Waals surface area contributed by atoms with Crippen LogP contribution >= 0.6 is 11.3 Å². The molecule has 1 aliphatic carbocycles. The summed E-state index contributed by atoms with van der Waals surface area (Å²) in [6, 6.07) is 5.32. The first-order valence-corrected chi connectivity index (χ1v) is 8.29. The van der Waals surface area contributed by atoms with E-state index in [-0.39, 0.29) is 0 Å². The molecular formula is C12H13N3O2S2. The highest BCUT2D eigenvalue weighted by Gasteiger charge is 2.19. The van der Waals surface area contributed by atoms with Crippen molar-refractivity contribution in [3.05, 3.63) is 34.3 Å². The van der Waals surface area contributed by atoms with Crippen LogP contribution in [0.5, 0.6) is 0 Å². The quantitative estimate of drug-likeness (QED) is 0.941. The average Bonchev–Trinajstić information content (AvgIpc) is 2.96. The molecule has 1 aliphatic rings. The molecule has 0 aliphatic heterocycles. The molecule has 0 fully saturated rings. The smallest absolute Gasteiger partial charge is 0.253 e. The summed E-state index contributed by atoms with van der Waals surface area (Å²) in [6.45, 7) is 1.78. The molecule has 19 heavy (non-hydrogen) atoms. The maximum Gasteiger partial charge on any atom is 0.263 e. The summed E-state index contributed by atoms with van der Waals surface area (Å²) in [5.74, 6) is 0. The maximum atomic E-state index is 12.2. The van der Waals surface area contributed by atoms with Crippen molar-refractivity contribution in [2.75, 3.05) is 4.72 Å². The van der Waals surface area contributed by atoms with Crippen LogP contribution in [0.3, 0.4) is 0 Å². The van der Waals surface area contributed by atoms with Crippen LogP contribution in [-0.4, -0.2) is 18.6 Å². The molecule has 1 heterocycles. The molecule has 7 heteroatoms. The first-order chi connectivity index (χ1) is 9.04. The van der Waals surface area contributed by atoms with E-state index in [2.05, 4.69) is 14.9 Å². The lowest BCUT2D eigenvalue weighted by Crippen LogP contribution is -2.13. The van der Waals surface area contributed by atoms with Crippen LogP contribution in [-0.2, 0) is 22.9 Å². The van der Waals surface area contributed by atoms with Gasteiger partial charge in [0.1, 0.15) is 5.01 Å². The van der Waals surface area contributed by atoms with Crippen LogP contribution in [0.15, 0.2) is 23.1 Å². The van der Waals surface area contributed by atoms with Crippen LogP contribution in [0.25, 0.3) is 0 Å². The van der Waals surface area contributed by atoms with E-state index in [4.69, 9.17) is 0 Å². The molecule has 0 bridgehead atoms. The van der Waals surface area contributed by atoms with Crippen LogP contribution in [0.4, 0.5) is 5.13 Å². The Bertz CT molecular complexity index is 722. The van der Waals surface area contributed by atoms with Gasteiger partial charge in [0.05, 0.1) is 4.90 Å². The molecule has 0 saturated carbocycles. The maximum absolute atomic E-state index is 12.2. The molecule has 2 aromatic rings. The number of fused-ring (bicyclic) bond motifs is 1. The van der Waals surface area contributed by atoms with E-state index in [9.17, 15) is 8.42 Å². The summed E-state index contributed by atoms with van der Waals surface area (Å²) in [5.41, 5.74) is 2.39. The lowest BCUT2D eigenvalue weighted by molar-refractivity contribution is 0.601. The normalized spacial score (nSPS) is 14.4. The lowest BCUT2D eigenvalue weighted by atomic mass is 10.1. The van der Waals surface area contributed by atoms with Gasteiger partial charge in [-0.1, -0.05) is 17.4 Å². The number of hydrogen-bond acceptors (Lipinski definition) is 5. The summed E-state index contributed by atoms with van der Waals surface area (Å²) in [4.78, 5) is 0.293. The van der Waals surface area contributed by atoms with Gasteiger partial charge in [0.25, 0.3) is 10.0 Å². The van der Waals surface area contributed by atoms with Gasteiger partial charge in [-0.25, -0.2) is 8.42 Å². The van der Waals surface area contributed by atoms with Crippen LogP contribution < -0.4 is 4.72 Å². The summed E-state index contributed by atoms with van der Waals surface area (Å²) < 4.78 is 26.9. The fourth-order valence-electron chi connectivity index (χ4n) is 2.23. The summed E-state index contributed by atoms with van der Waals surface area (Å²) in [6.07, 6.45) is 3.09. The molecule has 1 aromatic carbocycles. The summed E-state index contributed by atoms with van der Waals surface area (Å²) in [5, 5.41) is 8.60. The van der Waals surface area contributed by atoms with Gasteiger partial charge in [-0.05, 0) is 49.4 Å². The molecule has 0 unspecified atom stereocenters. The third-order valence-corrected chi connectivity index (χ3v) is 5.35. The number of nitrogens with one attached hydrogen (secondary N) is 1. The molecular weight excluding hydrogens is 282 g/mol. The van der Waals surface area contributed by atoms with Crippen molar-refractivity contribution in [1.82, 2.24) is 10.2 Å². The molecule has 3 rings (SSSR count). The van der Waals surface area contributed by atoms with Crippen molar-refractivity contribution in [3.63, 3.8) is 0 Å². The molecule has 0 radical (unpaired) electrons. The van der Waals surface area contributed by atoms with Crippen molar-refractivity contribution in [2.24, 2.45) is 0 Å². The van der Waals surface area contributed by atoms with Gasteiger partial charge >= 0.3 is 0 Å². The van der Waals surface area contributed by atoms with Gasteiger partial charge in [0, 0.05) is 0 Å². The minimum Gasteiger partial charge on any atom is -0.253 e. The Hall–Kier alpha value is -1.47. The van der Waals surface area contributed by atoms with E-state index in [0.717, 1.165) is 29.8 Å². The standard InChI is InChI=1S/C12H13N3O2S2/c1-8-13-14-12(18-8)15-19(16,17)11-6-5-9-3-2-4-10(9)7-11/h5-7H,2-4H2,1H3,(H,14,15). The van der Waals surface area contributed by atoms with E-state index in [1.54, 1.807) is 19.1 Å². The number of sulfonamides is 1. The van der Waals surface area contributed by atoms with Gasteiger partial charge < -0.3 is 0 Å². The topological polar surface area (TPSA) is 72.0 Å². The van der Waals surface area contributed by atoms with Crippen molar-refractivity contribution in [3.8, 4) is 0 Å². The molecule has 1 aromatic heterocycles. The Morgan fingerprint density at radius 1 is 1.21 bits per heavy atom. The van der Waals surface area contributed by atoms with Gasteiger partial charge in [-0.15, -0.1) is 10.2 Å². The van der Waals surface area contributed by atoms with E-state index < -0.39 is 10.0 Å². The highest BCUT2D eigenvalue weighted by Crippen LogP contribution is 2.26. The summed E-state index contributed by atoms with van der Waals surface area (Å²) >= 11 is 1.22. The first kappa shape index (κ1) is 12.6. The number of aromatic nitrogens is 2. The predicted octanol–water partition coefficient (Wildman–Crippen LogP) is 2.14. The number of aryl methyl sites for hydroxylation is 3. The Kier molecular flexibility index (Phi) is 3.02. The fraction of sp³-hybridized carbons (Fsp3) is 0.333. The van der Waals surface area contributed by atoms with Crippen molar-refractivity contribution in [1.29, 1.82) is 0 Å². The Morgan fingerprint density at radius 3 is 2.74 bits per heavy atom. The van der Waals surface area contributed by atoms with E-state index in [1.807, 2.05) is 6.07 Å². The minimum atomic E-state index is -3.56. The zero-order valence-electron chi connectivity index (χ0n) is 10.4. The Labute approximate surface area is 115 Å². The second-order valence-electron chi connectivity index (χ2n) is 4.52. The van der Waals surface area contributed by atoms with Gasteiger partial charge in [0.15, 0.2) is 0 Å². The molecule has 0 amide bonds. The van der Waals surface area contributed by atoms with Crippen LogP contribution in [0.1, 0.15) is 22.6 Å². The average molecular weight is 295 g/mol. The molecule has 100 valence electrons. The minimum absolute atomic E-state index is 0.293. The number of benzene rings is 1. The SMILES string of the molecule is Cc1nnc(NS(=O)(=O)c2ccc3c(c2)CCC3)s1. The van der Waals surface area contributed by atoms with Gasteiger partial charge in [-0.3, -0.25) is 4.72 Å². The second-order valence-corrected chi connectivity index (χ2v) is 7.38.